The molecule has 3 heteroatoms. The van der Waals surface area contributed by atoms with Crippen LogP contribution in [0.1, 0.15) is 31.9 Å². The van der Waals surface area contributed by atoms with Crippen LogP contribution in [0.4, 0.5) is 4.39 Å². The van der Waals surface area contributed by atoms with Crippen LogP contribution in [-0.4, -0.2) is 4.98 Å². The number of pyridine rings is 1. The second-order valence-corrected chi connectivity index (χ2v) is 9.12. The molecule has 0 amide bonds. The van der Waals surface area contributed by atoms with Crippen molar-refractivity contribution in [1.29, 1.82) is 0 Å². The van der Waals surface area contributed by atoms with Gasteiger partial charge in [-0.3, -0.25) is 0 Å². The summed E-state index contributed by atoms with van der Waals surface area (Å²) in [6.45, 7) is 8.83. The van der Waals surface area contributed by atoms with Crippen LogP contribution in [-0.2, 0) is 5.41 Å². The number of benzene rings is 2. The van der Waals surface area contributed by atoms with E-state index in [1.165, 1.54) is 23.3 Å². The maximum Gasteiger partial charge on any atom is 0.123 e. The van der Waals surface area contributed by atoms with Crippen LogP contribution in [0, 0.1) is 12.7 Å². The number of hydrogen-bond acceptors (Lipinski definition) is 2. The third-order valence-electron chi connectivity index (χ3n) is 4.74. The minimum absolute atomic E-state index is 0.100. The summed E-state index contributed by atoms with van der Waals surface area (Å²) in [7, 11) is 0. The molecule has 4 aromatic rings. The largest absolute Gasteiger partial charge is 0.247 e. The number of aromatic nitrogens is 1. The Kier molecular flexibility index (Phi) is 4.35. The van der Waals surface area contributed by atoms with Crippen LogP contribution in [0.2, 0.25) is 0 Å². The van der Waals surface area contributed by atoms with Gasteiger partial charge in [0, 0.05) is 10.4 Å². The Hall–Kier alpha value is -2.52. The summed E-state index contributed by atoms with van der Waals surface area (Å²) in [4.78, 5) is 6.02. The molecular formula is C24H22FNS. The quantitative estimate of drug-likeness (QED) is 0.356. The Balaban J connectivity index is 1.78. The van der Waals surface area contributed by atoms with Crippen molar-refractivity contribution in [3.05, 3.63) is 77.6 Å². The first-order valence-electron chi connectivity index (χ1n) is 9.09. The summed E-state index contributed by atoms with van der Waals surface area (Å²) < 4.78 is 14.3. The summed E-state index contributed by atoms with van der Waals surface area (Å²) in [5.74, 6) is -0.214. The molecule has 0 N–H and O–H groups in total. The Morgan fingerprint density at radius 3 is 2.30 bits per heavy atom. The lowest BCUT2D eigenvalue weighted by atomic mass is 9.85. The number of halogens is 1. The first kappa shape index (κ1) is 17.9. The summed E-state index contributed by atoms with van der Waals surface area (Å²) in [5, 5.41) is 0. The minimum atomic E-state index is -0.214. The smallest absolute Gasteiger partial charge is 0.123 e. The van der Waals surface area contributed by atoms with Gasteiger partial charge in [-0.2, -0.15) is 0 Å². The molecule has 0 saturated carbocycles. The fourth-order valence-corrected chi connectivity index (χ4v) is 4.21. The molecule has 0 spiro atoms. The highest BCUT2D eigenvalue weighted by Crippen LogP contribution is 2.35. The third-order valence-corrected chi connectivity index (χ3v) is 5.88. The summed E-state index contributed by atoms with van der Waals surface area (Å²) in [6.07, 6.45) is 0. The van der Waals surface area contributed by atoms with E-state index < -0.39 is 0 Å². The van der Waals surface area contributed by atoms with Crippen molar-refractivity contribution in [3.63, 3.8) is 0 Å². The molecule has 0 aliphatic carbocycles. The van der Waals surface area contributed by atoms with Crippen LogP contribution in [0.15, 0.2) is 60.7 Å². The number of nitrogens with zero attached hydrogens (tertiary/aromatic N) is 1. The van der Waals surface area contributed by atoms with E-state index in [9.17, 15) is 4.39 Å². The van der Waals surface area contributed by atoms with Gasteiger partial charge in [-0.15, -0.1) is 11.3 Å². The molecule has 0 unspecified atom stereocenters. The lowest BCUT2D eigenvalue weighted by Crippen LogP contribution is -2.11. The van der Waals surface area contributed by atoms with E-state index in [0.717, 1.165) is 31.9 Å². The highest BCUT2D eigenvalue weighted by molar-refractivity contribution is 7.22. The van der Waals surface area contributed by atoms with Crippen molar-refractivity contribution >= 4 is 21.6 Å². The molecule has 0 radical (unpaired) electrons. The average Bonchev–Trinajstić information content (AvgIpc) is 3.04. The van der Waals surface area contributed by atoms with E-state index in [1.807, 2.05) is 12.1 Å². The van der Waals surface area contributed by atoms with E-state index in [0.29, 0.717) is 0 Å². The Labute approximate surface area is 163 Å². The predicted molar refractivity (Wildman–Crippen MR) is 114 cm³/mol. The van der Waals surface area contributed by atoms with E-state index in [4.69, 9.17) is 4.98 Å². The zero-order chi connectivity index (χ0) is 19.2. The van der Waals surface area contributed by atoms with Gasteiger partial charge < -0.3 is 0 Å². The molecule has 0 fully saturated rings. The SMILES string of the molecule is Cc1cc(-c2ccc3sc(-c4ccc(F)cc4)cc3n2)cc(C(C)(C)C)c1. The molecule has 2 heterocycles. The first-order chi connectivity index (χ1) is 12.8. The van der Waals surface area contributed by atoms with Gasteiger partial charge in [-0.1, -0.05) is 44.5 Å². The molecule has 0 aliphatic rings. The number of rotatable bonds is 2. The van der Waals surface area contributed by atoms with Crippen molar-refractivity contribution in [3.8, 4) is 21.7 Å². The fraction of sp³-hybridized carbons (Fsp3) is 0.208. The normalized spacial score (nSPS) is 11.9. The van der Waals surface area contributed by atoms with Crippen molar-refractivity contribution in [2.24, 2.45) is 0 Å². The highest BCUT2D eigenvalue weighted by atomic mass is 32.1. The van der Waals surface area contributed by atoms with E-state index in [2.05, 4.69) is 64.1 Å². The van der Waals surface area contributed by atoms with Gasteiger partial charge in [0.2, 0.25) is 0 Å². The average molecular weight is 376 g/mol. The van der Waals surface area contributed by atoms with Gasteiger partial charge in [0.05, 0.1) is 15.9 Å². The second kappa shape index (κ2) is 6.58. The third kappa shape index (κ3) is 3.65. The molecule has 2 aromatic carbocycles. The van der Waals surface area contributed by atoms with Gasteiger partial charge in [0.25, 0.3) is 0 Å². The fourth-order valence-electron chi connectivity index (χ4n) is 3.21. The minimum Gasteiger partial charge on any atom is -0.247 e. The molecule has 4 rings (SSSR count). The standard InChI is InChI=1S/C24H22FNS/c1-15-11-17(13-18(12-15)24(2,3)4)20-9-10-22-21(26-20)14-23(27-22)16-5-7-19(25)8-6-16/h5-14H,1-4H3. The molecule has 0 atom stereocenters. The van der Waals surface area contributed by atoms with Crippen molar-refractivity contribution < 1.29 is 4.39 Å². The topological polar surface area (TPSA) is 12.9 Å². The van der Waals surface area contributed by atoms with Crippen molar-refractivity contribution in [2.75, 3.05) is 0 Å². The van der Waals surface area contributed by atoms with Crippen molar-refractivity contribution in [1.82, 2.24) is 4.98 Å². The second-order valence-electron chi connectivity index (χ2n) is 8.04. The monoisotopic (exact) mass is 375 g/mol. The van der Waals surface area contributed by atoms with Crippen LogP contribution in [0.3, 0.4) is 0 Å². The van der Waals surface area contributed by atoms with Crippen LogP contribution < -0.4 is 0 Å². The van der Waals surface area contributed by atoms with Gasteiger partial charge >= 0.3 is 0 Å². The van der Waals surface area contributed by atoms with Crippen LogP contribution >= 0.6 is 11.3 Å². The zero-order valence-corrected chi connectivity index (χ0v) is 16.8. The molecule has 0 aliphatic heterocycles. The summed E-state index contributed by atoms with van der Waals surface area (Å²) in [6, 6.07) is 19.6. The molecule has 136 valence electrons. The van der Waals surface area contributed by atoms with Gasteiger partial charge in [-0.25, -0.2) is 9.37 Å². The maximum absolute atomic E-state index is 13.2. The molecular weight excluding hydrogens is 353 g/mol. The first-order valence-corrected chi connectivity index (χ1v) is 9.90. The number of thiophene rings is 1. The molecule has 2 aromatic heterocycles. The summed E-state index contributed by atoms with van der Waals surface area (Å²) >= 11 is 1.69. The van der Waals surface area contributed by atoms with E-state index >= 15 is 0 Å². The molecule has 0 saturated heterocycles. The van der Waals surface area contributed by atoms with Crippen molar-refractivity contribution in [2.45, 2.75) is 33.1 Å². The molecule has 27 heavy (non-hydrogen) atoms. The van der Waals surface area contributed by atoms with Crippen LogP contribution in [0.5, 0.6) is 0 Å². The number of aryl methyl sites for hydroxylation is 1. The summed E-state index contributed by atoms with van der Waals surface area (Å²) in [5.41, 5.74) is 6.80. The van der Waals surface area contributed by atoms with Crippen LogP contribution in [0.25, 0.3) is 31.9 Å². The molecule has 0 bridgehead atoms. The zero-order valence-electron chi connectivity index (χ0n) is 16.0. The Bertz CT molecular complexity index is 1120. The lowest BCUT2D eigenvalue weighted by Gasteiger charge is -2.20. The predicted octanol–water partition coefficient (Wildman–Crippen LogP) is 7.38. The van der Waals surface area contributed by atoms with E-state index in [-0.39, 0.29) is 11.2 Å². The maximum atomic E-state index is 13.2. The van der Waals surface area contributed by atoms with E-state index in [1.54, 1.807) is 11.3 Å². The lowest BCUT2D eigenvalue weighted by molar-refractivity contribution is 0.590. The van der Waals surface area contributed by atoms with Gasteiger partial charge in [-0.05, 0) is 65.9 Å². The van der Waals surface area contributed by atoms with Gasteiger partial charge in [0.15, 0.2) is 0 Å². The van der Waals surface area contributed by atoms with Gasteiger partial charge in [0.1, 0.15) is 5.82 Å². The number of hydrogen-bond donors (Lipinski definition) is 0. The Morgan fingerprint density at radius 2 is 1.59 bits per heavy atom. The molecule has 1 nitrogen and oxygen atoms in total. The Morgan fingerprint density at radius 1 is 0.852 bits per heavy atom. The number of fused-ring (bicyclic) bond motifs is 1. The highest BCUT2D eigenvalue weighted by Gasteiger charge is 2.16.